The van der Waals surface area contributed by atoms with Crippen LogP contribution in [0.2, 0.25) is 0 Å². The summed E-state index contributed by atoms with van der Waals surface area (Å²) in [6, 6.07) is 11.2. The van der Waals surface area contributed by atoms with Gasteiger partial charge in [0, 0.05) is 0 Å². The van der Waals surface area contributed by atoms with E-state index in [0.717, 1.165) is 0 Å². The molecule has 1 rings (SSSR count). The Morgan fingerprint density at radius 3 is 1.48 bits per heavy atom. The molecule has 0 radical (unpaired) electrons. The Bertz CT molecular complexity index is 446. The molecule has 0 spiro atoms. The van der Waals surface area contributed by atoms with Crippen LogP contribution in [0.25, 0.3) is 0 Å². The topological polar surface area (TPSA) is 170 Å². The van der Waals surface area contributed by atoms with Gasteiger partial charge in [-0.3, -0.25) is 9.59 Å². The first-order valence-electron chi connectivity index (χ1n) is 6.43. The zero-order chi connectivity index (χ0) is 17.5. The third-order valence-corrected chi connectivity index (χ3v) is 1.84. The maximum atomic E-state index is 9.65. The minimum Gasteiger partial charge on any atom is -0.481 e. The average molecular weight is 329 g/mol. The quantitative estimate of drug-likeness (QED) is 0.619. The normalized spacial score (nSPS) is 10.9. The van der Waals surface area contributed by atoms with Gasteiger partial charge >= 0.3 is 11.9 Å². The number of aliphatic hydroxyl groups is 2. The van der Waals surface area contributed by atoms with E-state index in [9.17, 15) is 9.59 Å². The van der Waals surface area contributed by atoms with E-state index in [1.165, 1.54) is 13.8 Å². The summed E-state index contributed by atoms with van der Waals surface area (Å²) in [5.74, 6) is -1.93. The van der Waals surface area contributed by atoms with E-state index in [-0.39, 0.29) is 18.3 Å². The van der Waals surface area contributed by atoms with Crippen LogP contribution in [-0.4, -0.2) is 50.0 Å². The van der Waals surface area contributed by atoms with Crippen LogP contribution >= 0.6 is 0 Å². The highest BCUT2D eigenvalue weighted by atomic mass is 16.4. The predicted molar refractivity (Wildman–Crippen MR) is 82.6 cm³/mol. The SMILES string of the molecule is CC(O)CC(=O)O.CC(O)CC(=O)O.N#Cc1ccccc1.O. The fourth-order valence-electron chi connectivity index (χ4n) is 1.02. The summed E-state index contributed by atoms with van der Waals surface area (Å²) in [6.45, 7) is 2.88. The lowest BCUT2D eigenvalue weighted by Gasteiger charge is -1.94. The molecular weight excluding hydrogens is 306 g/mol. The summed E-state index contributed by atoms with van der Waals surface area (Å²) in [5.41, 5.74) is 0.715. The van der Waals surface area contributed by atoms with Gasteiger partial charge in [-0.1, -0.05) is 18.2 Å². The highest BCUT2D eigenvalue weighted by molar-refractivity contribution is 5.67. The molecule has 6 N–H and O–H groups in total. The minimum absolute atomic E-state index is 0. The molecule has 0 bridgehead atoms. The third kappa shape index (κ3) is 24.9. The number of rotatable bonds is 4. The maximum absolute atomic E-state index is 9.65. The summed E-state index contributed by atoms with van der Waals surface area (Å²) in [4.78, 5) is 19.3. The van der Waals surface area contributed by atoms with Gasteiger partial charge in [0.2, 0.25) is 0 Å². The van der Waals surface area contributed by atoms with Gasteiger partial charge in [-0.2, -0.15) is 5.26 Å². The van der Waals surface area contributed by atoms with Gasteiger partial charge in [0.05, 0.1) is 36.7 Å². The fraction of sp³-hybridized carbons (Fsp3) is 0.400. The van der Waals surface area contributed by atoms with Crippen molar-refractivity contribution >= 4 is 11.9 Å². The van der Waals surface area contributed by atoms with E-state index in [4.69, 9.17) is 25.7 Å². The fourth-order valence-corrected chi connectivity index (χ4v) is 1.02. The van der Waals surface area contributed by atoms with Gasteiger partial charge in [-0.25, -0.2) is 0 Å². The molecule has 0 amide bonds. The molecule has 0 heterocycles. The van der Waals surface area contributed by atoms with E-state index in [1.54, 1.807) is 12.1 Å². The Morgan fingerprint density at radius 1 is 1.00 bits per heavy atom. The van der Waals surface area contributed by atoms with Crippen molar-refractivity contribution < 1.29 is 35.5 Å². The number of nitriles is 1. The number of benzene rings is 1. The Balaban J connectivity index is -0.000000257. The molecule has 1 aromatic rings. The number of carboxylic acid groups (broad SMARTS) is 2. The summed E-state index contributed by atoms with van der Waals surface area (Å²) in [5, 5.41) is 40.8. The highest BCUT2D eigenvalue weighted by Gasteiger charge is 2.00. The summed E-state index contributed by atoms with van der Waals surface area (Å²) in [7, 11) is 0. The smallest absolute Gasteiger partial charge is 0.305 e. The summed E-state index contributed by atoms with van der Waals surface area (Å²) >= 11 is 0. The van der Waals surface area contributed by atoms with E-state index in [1.807, 2.05) is 24.3 Å². The van der Waals surface area contributed by atoms with Crippen LogP contribution in [0.3, 0.4) is 0 Å². The lowest BCUT2D eigenvalue weighted by atomic mass is 10.2. The molecule has 2 unspecified atom stereocenters. The maximum Gasteiger partial charge on any atom is 0.305 e. The van der Waals surface area contributed by atoms with Crippen LogP contribution in [0.5, 0.6) is 0 Å². The van der Waals surface area contributed by atoms with Gasteiger partial charge in [-0.15, -0.1) is 0 Å². The minimum atomic E-state index is -0.963. The molecule has 8 nitrogen and oxygen atoms in total. The molecule has 130 valence electrons. The number of aliphatic carboxylic acids is 2. The second-order valence-electron chi connectivity index (χ2n) is 4.37. The zero-order valence-corrected chi connectivity index (χ0v) is 13.0. The molecule has 1 aromatic carbocycles. The lowest BCUT2D eigenvalue weighted by molar-refractivity contribution is -0.140. The zero-order valence-electron chi connectivity index (χ0n) is 13.0. The Kier molecular flexibility index (Phi) is 17.6. The average Bonchev–Trinajstić information content (AvgIpc) is 2.38. The molecule has 0 aromatic heterocycles. The third-order valence-electron chi connectivity index (χ3n) is 1.84. The van der Waals surface area contributed by atoms with Crippen molar-refractivity contribution in [1.29, 1.82) is 5.26 Å². The van der Waals surface area contributed by atoms with Crippen molar-refractivity contribution in [2.45, 2.75) is 38.9 Å². The molecule has 8 heteroatoms. The van der Waals surface area contributed by atoms with Crippen molar-refractivity contribution in [1.82, 2.24) is 0 Å². The van der Waals surface area contributed by atoms with E-state index in [2.05, 4.69) is 0 Å². The molecule has 23 heavy (non-hydrogen) atoms. The van der Waals surface area contributed by atoms with E-state index < -0.39 is 24.1 Å². The Morgan fingerprint density at radius 2 is 1.35 bits per heavy atom. The molecule has 0 aliphatic heterocycles. The molecule has 2 atom stereocenters. The van der Waals surface area contributed by atoms with Gasteiger partial charge in [0.25, 0.3) is 0 Å². The molecule has 0 fully saturated rings. The van der Waals surface area contributed by atoms with Crippen LogP contribution in [0.15, 0.2) is 30.3 Å². The van der Waals surface area contributed by atoms with Gasteiger partial charge in [0.15, 0.2) is 0 Å². The number of carboxylic acids is 2. The lowest BCUT2D eigenvalue weighted by Crippen LogP contribution is -2.07. The first-order chi connectivity index (χ1) is 10.2. The Labute approximate surface area is 134 Å². The van der Waals surface area contributed by atoms with Crippen LogP contribution in [0.4, 0.5) is 0 Å². The summed E-state index contributed by atoms with van der Waals surface area (Å²) in [6.07, 6.45) is -1.78. The number of carbonyl (C=O) groups is 2. The second kappa shape index (κ2) is 15.9. The van der Waals surface area contributed by atoms with Crippen molar-refractivity contribution in [3.8, 4) is 6.07 Å². The largest absolute Gasteiger partial charge is 0.481 e. The Hall–Kier alpha value is -2.47. The predicted octanol–water partition coefficient (Wildman–Crippen LogP) is 0.417. The number of hydrogen-bond acceptors (Lipinski definition) is 5. The van der Waals surface area contributed by atoms with Crippen molar-refractivity contribution in [2.75, 3.05) is 0 Å². The van der Waals surface area contributed by atoms with Crippen LogP contribution in [0, 0.1) is 11.3 Å². The van der Waals surface area contributed by atoms with Gasteiger partial charge < -0.3 is 25.9 Å². The molecule has 0 aliphatic rings. The van der Waals surface area contributed by atoms with Crippen molar-refractivity contribution in [2.24, 2.45) is 0 Å². The number of hydrogen-bond donors (Lipinski definition) is 4. The van der Waals surface area contributed by atoms with Crippen LogP contribution in [0.1, 0.15) is 32.3 Å². The van der Waals surface area contributed by atoms with E-state index >= 15 is 0 Å². The molecule has 0 saturated carbocycles. The highest BCUT2D eigenvalue weighted by Crippen LogP contribution is 1.93. The standard InChI is InChI=1S/C7H5N.2C4H8O3.H2O/c8-6-7-4-2-1-3-5-7;2*1-3(5)2-4(6)7;/h1-5H;2*3,5H,2H2,1H3,(H,6,7);1H2. The first-order valence-corrected chi connectivity index (χ1v) is 6.43. The number of nitrogens with zero attached hydrogens (tertiary/aromatic N) is 1. The monoisotopic (exact) mass is 329 g/mol. The molecular formula is C15H23NO7. The first kappa shape index (κ1) is 25.5. The van der Waals surface area contributed by atoms with Crippen molar-refractivity contribution in [3.05, 3.63) is 35.9 Å². The van der Waals surface area contributed by atoms with Crippen LogP contribution < -0.4 is 0 Å². The summed E-state index contributed by atoms with van der Waals surface area (Å²) < 4.78 is 0. The molecule has 0 aliphatic carbocycles. The van der Waals surface area contributed by atoms with Crippen LogP contribution in [-0.2, 0) is 9.59 Å². The van der Waals surface area contributed by atoms with E-state index in [0.29, 0.717) is 5.56 Å². The van der Waals surface area contributed by atoms with Crippen molar-refractivity contribution in [3.63, 3.8) is 0 Å². The van der Waals surface area contributed by atoms with Gasteiger partial charge in [-0.05, 0) is 26.0 Å². The second-order valence-corrected chi connectivity index (χ2v) is 4.37. The number of aliphatic hydroxyl groups excluding tert-OH is 2. The molecule has 0 saturated heterocycles. The van der Waals surface area contributed by atoms with Gasteiger partial charge in [0.1, 0.15) is 0 Å².